The zero-order chi connectivity index (χ0) is 23.7. The molecule has 1 saturated heterocycles. The Morgan fingerprint density at radius 2 is 1.55 bits per heavy atom. The molecule has 4 rings (SSSR count). The molecule has 1 aliphatic heterocycles. The molecular weight excluding hydrogens is 428 g/mol. The summed E-state index contributed by atoms with van der Waals surface area (Å²) >= 11 is 0. The van der Waals surface area contributed by atoms with Crippen LogP contribution in [0.4, 0.5) is 0 Å². The Balaban J connectivity index is 1.67. The van der Waals surface area contributed by atoms with E-state index in [1.165, 1.54) is 0 Å². The normalized spacial score (nSPS) is 18.4. The predicted molar refractivity (Wildman–Crippen MR) is 119 cm³/mol. The van der Waals surface area contributed by atoms with Gasteiger partial charge >= 0.3 is 17.9 Å². The Bertz CT molecular complexity index is 1290. The third-order valence-corrected chi connectivity index (χ3v) is 5.92. The van der Waals surface area contributed by atoms with Crippen LogP contribution in [0.1, 0.15) is 22.3 Å². The maximum Gasteiger partial charge on any atom is 0.328 e. The molecule has 1 heterocycles. The van der Waals surface area contributed by atoms with Gasteiger partial charge in [-0.3, -0.25) is 14.4 Å². The number of carboxylic acids is 3. The number of hydrogen-bond acceptors (Lipinski definition) is 5. The molecule has 1 fully saturated rings. The van der Waals surface area contributed by atoms with E-state index < -0.39 is 35.9 Å². The average Bonchev–Trinajstić information content (AvgIpc) is 2.80. The molecule has 0 aromatic heterocycles. The van der Waals surface area contributed by atoms with Crippen molar-refractivity contribution in [2.45, 2.75) is 24.9 Å². The molecule has 3 aromatic rings. The van der Waals surface area contributed by atoms with Crippen LogP contribution in [-0.2, 0) is 20.8 Å². The summed E-state index contributed by atoms with van der Waals surface area (Å²) in [6.07, 6.45) is 0.486. The van der Waals surface area contributed by atoms with Gasteiger partial charge in [0.25, 0.3) is 5.91 Å². The molecule has 9 heteroatoms. The van der Waals surface area contributed by atoms with Crippen LogP contribution in [0.25, 0.3) is 21.5 Å². The van der Waals surface area contributed by atoms with Gasteiger partial charge in [0.2, 0.25) is 0 Å². The van der Waals surface area contributed by atoms with E-state index in [4.69, 9.17) is 5.11 Å². The van der Waals surface area contributed by atoms with Gasteiger partial charge in [-0.15, -0.1) is 0 Å². The van der Waals surface area contributed by atoms with Gasteiger partial charge in [0.05, 0.1) is 0 Å². The number of fused-ring (bicyclic) bond motifs is 3. The topological polar surface area (TPSA) is 144 Å². The number of rotatable bonds is 6. The summed E-state index contributed by atoms with van der Waals surface area (Å²) in [4.78, 5) is 48.3. The molecule has 0 bridgehead atoms. The number of amides is 1. The molecule has 0 unspecified atom stereocenters. The monoisotopic (exact) mass is 450 g/mol. The minimum atomic E-state index is -1.51. The highest BCUT2D eigenvalue weighted by Crippen LogP contribution is 2.28. The van der Waals surface area contributed by atoms with Crippen LogP contribution in [-0.4, -0.2) is 69.2 Å². The smallest absolute Gasteiger partial charge is 0.328 e. The van der Waals surface area contributed by atoms with Gasteiger partial charge in [0, 0.05) is 25.1 Å². The molecule has 0 spiro atoms. The Morgan fingerprint density at radius 1 is 0.879 bits per heavy atom. The number of carbonyl (C=O) groups excluding carboxylic acids is 1. The summed E-state index contributed by atoms with van der Waals surface area (Å²) in [5.41, 5.74) is 1.19. The predicted octanol–water partition coefficient (Wildman–Crippen LogP) is 1.96. The van der Waals surface area contributed by atoms with Gasteiger partial charge in [-0.1, -0.05) is 36.4 Å². The summed E-state index contributed by atoms with van der Waals surface area (Å²) in [6, 6.07) is 11.7. The molecule has 0 saturated carbocycles. The van der Waals surface area contributed by atoms with Crippen molar-refractivity contribution in [2.75, 3.05) is 13.1 Å². The number of nitrogens with zero attached hydrogens (tertiary/aromatic N) is 1. The van der Waals surface area contributed by atoms with Crippen molar-refractivity contribution in [1.82, 2.24) is 10.2 Å². The van der Waals surface area contributed by atoms with E-state index in [1.54, 1.807) is 18.2 Å². The summed E-state index contributed by atoms with van der Waals surface area (Å²) in [6.45, 7) is 0.253. The lowest BCUT2D eigenvalue weighted by molar-refractivity contribution is -0.152. The molecule has 0 radical (unpaired) electrons. The standard InChI is InChI=1S/C24H22N2O7/c27-19(28)8-2-13-1-6-17-14(11-13)3-4-15-12-16(5-7-18(15)17)22(29)26-10-9-25-20(23(30)31)21(26)24(32)33/h1,3-7,11-12,20-21,25H,2,8-10H2,(H,27,28)(H,30,31)(H,32,33)/t20-,21+/m1/s1. The molecule has 1 amide bonds. The molecule has 4 N–H and O–H groups in total. The molecule has 0 aliphatic carbocycles. The fourth-order valence-corrected chi connectivity index (χ4v) is 4.32. The number of carbonyl (C=O) groups is 4. The van der Waals surface area contributed by atoms with Gasteiger partial charge in [-0.05, 0) is 45.7 Å². The summed E-state index contributed by atoms with van der Waals surface area (Å²) in [5.74, 6) is -4.10. The van der Waals surface area contributed by atoms with E-state index >= 15 is 0 Å². The van der Waals surface area contributed by atoms with E-state index in [-0.39, 0.29) is 25.1 Å². The number of aliphatic carboxylic acids is 3. The SMILES string of the molecule is O=C(O)CCc1ccc2c(ccc3cc(C(=O)N4CCN[C@@H](C(=O)O)[C@H]4C(=O)O)ccc32)c1. The van der Waals surface area contributed by atoms with Gasteiger partial charge in [0.15, 0.2) is 6.04 Å². The highest BCUT2D eigenvalue weighted by Gasteiger charge is 2.43. The number of aryl methyl sites for hydroxylation is 1. The number of nitrogens with one attached hydrogen (secondary N) is 1. The lowest BCUT2D eigenvalue weighted by atomic mass is 9.96. The first-order chi connectivity index (χ1) is 15.8. The van der Waals surface area contributed by atoms with Crippen molar-refractivity contribution in [3.05, 3.63) is 59.7 Å². The van der Waals surface area contributed by atoms with Gasteiger partial charge in [-0.2, -0.15) is 0 Å². The first kappa shape index (κ1) is 22.2. The average molecular weight is 450 g/mol. The van der Waals surface area contributed by atoms with Crippen molar-refractivity contribution in [3.8, 4) is 0 Å². The van der Waals surface area contributed by atoms with E-state index in [0.717, 1.165) is 32.0 Å². The molecule has 3 aromatic carbocycles. The largest absolute Gasteiger partial charge is 0.481 e. The molecule has 2 atom stereocenters. The highest BCUT2D eigenvalue weighted by atomic mass is 16.4. The van der Waals surface area contributed by atoms with E-state index in [1.807, 2.05) is 30.3 Å². The second-order valence-electron chi connectivity index (χ2n) is 8.00. The number of piperazine rings is 1. The fourth-order valence-electron chi connectivity index (χ4n) is 4.32. The minimum absolute atomic E-state index is 0.0522. The lowest BCUT2D eigenvalue weighted by Crippen LogP contribution is -2.65. The van der Waals surface area contributed by atoms with Gasteiger partial charge in [-0.25, -0.2) is 4.79 Å². The highest BCUT2D eigenvalue weighted by molar-refractivity contribution is 6.10. The lowest BCUT2D eigenvalue weighted by Gasteiger charge is -2.37. The summed E-state index contributed by atoms with van der Waals surface area (Å²) in [7, 11) is 0. The van der Waals surface area contributed by atoms with Crippen LogP contribution in [0.5, 0.6) is 0 Å². The molecule has 9 nitrogen and oxygen atoms in total. The summed E-state index contributed by atoms with van der Waals surface area (Å²) < 4.78 is 0. The van der Waals surface area contributed by atoms with Crippen LogP contribution in [0, 0.1) is 0 Å². The first-order valence-electron chi connectivity index (χ1n) is 10.4. The maximum atomic E-state index is 13.2. The second-order valence-corrected chi connectivity index (χ2v) is 8.00. The number of hydrogen-bond donors (Lipinski definition) is 4. The van der Waals surface area contributed by atoms with Crippen molar-refractivity contribution < 1.29 is 34.5 Å². The number of benzene rings is 3. The molecule has 33 heavy (non-hydrogen) atoms. The Morgan fingerprint density at radius 3 is 2.18 bits per heavy atom. The van der Waals surface area contributed by atoms with Crippen molar-refractivity contribution in [2.24, 2.45) is 0 Å². The second kappa shape index (κ2) is 8.87. The van der Waals surface area contributed by atoms with Crippen LogP contribution in [0.2, 0.25) is 0 Å². The van der Waals surface area contributed by atoms with E-state index in [2.05, 4.69) is 5.32 Å². The zero-order valence-corrected chi connectivity index (χ0v) is 17.5. The Kier molecular flexibility index (Phi) is 5.97. The fraction of sp³-hybridized carbons (Fsp3) is 0.250. The van der Waals surface area contributed by atoms with Crippen molar-refractivity contribution in [1.29, 1.82) is 0 Å². The quantitative estimate of drug-likeness (QED) is 0.417. The van der Waals surface area contributed by atoms with Gasteiger partial charge in [0.1, 0.15) is 6.04 Å². The third-order valence-electron chi connectivity index (χ3n) is 5.92. The van der Waals surface area contributed by atoms with Gasteiger partial charge < -0.3 is 25.5 Å². The molecule has 1 aliphatic rings. The van der Waals surface area contributed by atoms with E-state index in [9.17, 15) is 29.4 Å². The molecule has 170 valence electrons. The number of carboxylic acid groups (broad SMARTS) is 3. The van der Waals surface area contributed by atoms with Crippen molar-refractivity contribution in [3.63, 3.8) is 0 Å². The Labute approximate surface area is 188 Å². The minimum Gasteiger partial charge on any atom is -0.481 e. The first-order valence-corrected chi connectivity index (χ1v) is 10.4. The zero-order valence-electron chi connectivity index (χ0n) is 17.5. The maximum absolute atomic E-state index is 13.2. The van der Waals surface area contributed by atoms with Crippen LogP contribution >= 0.6 is 0 Å². The summed E-state index contributed by atoms with van der Waals surface area (Å²) in [5, 5.41) is 34.0. The van der Waals surface area contributed by atoms with Crippen LogP contribution < -0.4 is 5.32 Å². The van der Waals surface area contributed by atoms with Crippen LogP contribution in [0.3, 0.4) is 0 Å². The third kappa shape index (κ3) is 4.35. The van der Waals surface area contributed by atoms with E-state index in [0.29, 0.717) is 6.42 Å². The molecular formula is C24H22N2O7. The Hall–Kier alpha value is -3.98. The van der Waals surface area contributed by atoms with Crippen LogP contribution in [0.15, 0.2) is 48.5 Å². The van der Waals surface area contributed by atoms with Crippen molar-refractivity contribution >= 4 is 45.4 Å².